The Morgan fingerprint density at radius 1 is 1.19 bits per heavy atom. The summed E-state index contributed by atoms with van der Waals surface area (Å²) in [6.45, 7) is 17.2. The van der Waals surface area contributed by atoms with Crippen molar-refractivity contribution >= 4 is 51.1 Å². The van der Waals surface area contributed by atoms with Crippen LogP contribution in [0.1, 0.15) is 27.9 Å². The summed E-state index contributed by atoms with van der Waals surface area (Å²) in [4.78, 5) is 38.0. The summed E-state index contributed by atoms with van der Waals surface area (Å²) in [6.07, 6.45) is 10.7. The lowest BCUT2D eigenvalue weighted by Crippen LogP contribution is -2.44. The Balaban J connectivity index is 1.93. The first-order valence-electron chi connectivity index (χ1n) is 11.9. The number of hydrogen-bond acceptors (Lipinski definition) is 6. The van der Waals surface area contributed by atoms with E-state index in [9.17, 15) is 9.59 Å². The number of anilines is 1. The number of piperazine rings is 1. The molecule has 8 heteroatoms. The van der Waals surface area contributed by atoms with Crippen molar-refractivity contribution < 1.29 is 4.79 Å². The first-order valence-corrected chi connectivity index (χ1v) is 12.7. The summed E-state index contributed by atoms with van der Waals surface area (Å²) in [5.41, 5.74) is 1.94. The predicted octanol–water partition coefficient (Wildman–Crippen LogP) is 4.37. The molecule has 0 bridgehead atoms. The van der Waals surface area contributed by atoms with Gasteiger partial charge in [-0.3, -0.25) is 14.0 Å². The number of nitrogens with one attached hydrogen (secondary N) is 1. The molecule has 0 aliphatic carbocycles. The van der Waals surface area contributed by atoms with Gasteiger partial charge in [-0.05, 0) is 43.8 Å². The Hall–Kier alpha value is -3.75. The van der Waals surface area contributed by atoms with Crippen LogP contribution in [-0.2, 0) is 0 Å². The van der Waals surface area contributed by atoms with Crippen molar-refractivity contribution in [2.45, 2.75) is 6.92 Å². The van der Waals surface area contributed by atoms with E-state index < -0.39 is 5.91 Å². The standard InChI is InChI=1S/C28H31N5O2S/c1-6-10-19(8-3)18-29-27(35)24-25(34)20-12-13-23(32-16-14-31(5)15-17-32)30-26(20)33-21(11-7-2)22(9-4)36-28(24)33/h6-13H,1,3-4,14-18H2,2,5H3,(H,29,35)/b11-7-,19-10+. The molecule has 0 atom stereocenters. The second-order valence-corrected chi connectivity index (χ2v) is 9.63. The van der Waals surface area contributed by atoms with E-state index >= 15 is 0 Å². The zero-order chi connectivity index (χ0) is 25.8. The van der Waals surface area contributed by atoms with Crippen LogP contribution in [-0.4, -0.2) is 60.0 Å². The van der Waals surface area contributed by atoms with E-state index in [2.05, 4.69) is 41.9 Å². The first kappa shape index (κ1) is 25.3. The van der Waals surface area contributed by atoms with E-state index in [0.717, 1.165) is 48.1 Å². The number of aromatic nitrogens is 2. The molecule has 1 aliphatic heterocycles. The van der Waals surface area contributed by atoms with Crippen molar-refractivity contribution in [1.82, 2.24) is 19.6 Å². The minimum absolute atomic E-state index is 0.0996. The summed E-state index contributed by atoms with van der Waals surface area (Å²) >= 11 is 1.36. The molecular weight excluding hydrogens is 470 g/mol. The molecular formula is C28H31N5O2S. The summed E-state index contributed by atoms with van der Waals surface area (Å²) in [5, 5.41) is 3.27. The van der Waals surface area contributed by atoms with E-state index in [-0.39, 0.29) is 17.5 Å². The van der Waals surface area contributed by atoms with Gasteiger partial charge in [0.1, 0.15) is 16.2 Å². The Labute approximate surface area is 215 Å². The van der Waals surface area contributed by atoms with Crippen LogP contribution in [0.25, 0.3) is 28.0 Å². The van der Waals surface area contributed by atoms with Gasteiger partial charge < -0.3 is 15.1 Å². The van der Waals surface area contributed by atoms with Crippen molar-refractivity contribution in [3.8, 4) is 0 Å². The molecule has 7 nitrogen and oxygen atoms in total. The normalized spacial score (nSPS) is 15.1. The molecule has 3 aromatic heterocycles. The third-order valence-electron chi connectivity index (χ3n) is 6.27. The van der Waals surface area contributed by atoms with Gasteiger partial charge in [0.25, 0.3) is 5.91 Å². The van der Waals surface area contributed by atoms with E-state index in [1.165, 1.54) is 11.3 Å². The number of nitrogens with zero attached hydrogens (tertiary/aromatic N) is 4. The van der Waals surface area contributed by atoms with Crippen molar-refractivity contribution in [3.05, 3.63) is 88.1 Å². The molecule has 0 aromatic carbocycles. The predicted molar refractivity (Wildman–Crippen MR) is 152 cm³/mol. The van der Waals surface area contributed by atoms with E-state index in [1.807, 2.05) is 29.5 Å². The number of amides is 1. The smallest absolute Gasteiger partial charge is 0.258 e. The van der Waals surface area contributed by atoms with Gasteiger partial charge in [-0.15, -0.1) is 11.3 Å². The third-order valence-corrected chi connectivity index (χ3v) is 7.45. The molecule has 3 aromatic rings. The third kappa shape index (κ3) is 4.69. The van der Waals surface area contributed by atoms with E-state index in [1.54, 1.807) is 30.4 Å². The second-order valence-electron chi connectivity index (χ2n) is 8.60. The average Bonchev–Trinajstić information content (AvgIpc) is 3.25. The van der Waals surface area contributed by atoms with E-state index in [4.69, 9.17) is 4.98 Å². The molecule has 0 spiro atoms. The van der Waals surface area contributed by atoms with Crippen LogP contribution in [0.4, 0.5) is 5.82 Å². The van der Waals surface area contributed by atoms with Gasteiger partial charge in [-0.2, -0.15) is 0 Å². The monoisotopic (exact) mass is 501 g/mol. The largest absolute Gasteiger partial charge is 0.354 e. The van der Waals surface area contributed by atoms with Crippen LogP contribution in [0.5, 0.6) is 0 Å². The summed E-state index contributed by atoms with van der Waals surface area (Å²) in [5.74, 6) is 0.382. The number of carbonyl (C=O) groups is 1. The molecule has 0 unspecified atom stereocenters. The molecule has 0 radical (unpaired) electrons. The molecule has 36 heavy (non-hydrogen) atoms. The first-order chi connectivity index (χ1) is 17.4. The fourth-order valence-electron chi connectivity index (χ4n) is 4.31. The van der Waals surface area contributed by atoms with Crippen LogP contribution in [0.3, 0.4) is 0 Å². The highest BCUT2D eigenvalue weighted by molar-refractivity contribution is 7.19. The van der Waals surface area contributed by atoms with E-state index in [0.29, 0.717) is 15.9 Å². The van der Waals surface area contributed by atoms with Gasteiger partial charge >= 0.3 is 0 Å². The van der Waals surface area contributed by atoms with Crippen molar-refractivity contribution in [2.75, 3.05) is 44.7 Å². The average molecular weight is 502 g/mol. The maximum absolute atomic E-state index is 13.7. The number of likely N-dealkylation sites (N-methyl/N-ethyl adjacent to an activating group) is 1. The highest BCUT2D eigenvalue weighted by Crippen LogP contribution is 2.31. The fourth-order valence-corrected chi connectivity index (χ4v) is 5.43. The maximum atomic E-state index is 13.7. The van der Waals surface area contributed by atoms with Crippen molar-refractivity contribution in [1.29, 1.82) is 0 Å². The van der Waals surface area contributed by atoms with Gasteiger partial charge in [0.05, 0.1) is 16.0 Å². The Morgan fingerprint density at radius 2 is 1.94 bits per heavy atom. The minimum atomic E-state index is -0.441. The quantitative estimate of drug-likeness (QED) is 0.465. The van der Waals surface area contributed by atoms with Crippen molar-refractivity contribution in [2.24, 2.45) is 0 Å². The lowest BCUT2D eigenvalue weighted by atomic mass is 10.1. The number of allylic oxidation sites excluding steroid dienone is 3. The van der Waals surface area contributed by atoms with Gasteiger partial charge in [0, 0.05) is 32.7 Å². The number of thiazole rings is 1. The number of fused-ring (bicyclic) bond motifs is 3. The molecule has 0 saturated carbocycles. The molecule has 186 valence electrons. The van der Waals surface area contributed by atoms with Crippen LogP contribution >= 0.6 is 11.3 Å². The van der Waals surface area contributed by atoms with Crippen LogP contribution in [0.2, 0.25) is 0 Å². The Kier molecular flexibility index (Phi) is 7.67. The number of rotatable bonds is 8. The Morgan fingerprint density at radius 3 is 2.58 bits per heavy atom. The zero-order valence-corrected chi connectivity index (χ0v) is 21.6. The SMILES string of the molecule is C=C/C=C(\C=C)CNC(=O)c1c(=O)c2ccc(N3CCN(C)CC3)nc2n2c(/C=C\C)c(C=C)sc12. The maximum Gasteiger partial charge on any atom is 0.258 e. The molecule has 4 heterocycles. The zero-order valence-electron chi connectivity index (χ0n) is 20.8. The van der Waals surface area contributed by atoms with Gasteiger partial charge in [-0.25, -0.2) is 4.98 Å². The van der Waals surface area contributed by atoms with Gasteiger partial charge in [0.2, 0.25) is 5.43 Å². The van der Waals surface area contributed by atoms with Gasteiger partial charge in [-0.1, -0.05) is 44.0 Å². The minimum Gasteiger partial charge on any atom is -0.354 e. The number of hydrogen-bond donors (Lipinski definition) is 1. The summed E-state index contributed by atoms with van der Waals surface area (Å²) in [6, 6.07) is 3.67. The highest BCUT2D eigenvalue weighted by Gasteiger charge is 2.25. The highest BCUT2D eigenvalue weighted by atomic mass is 32.1. The van der Waals surface area contributed by atoms with Crippen LogP contribution < -0.4 is 15.6 Å². The lowest BCUT2D eigenvalue weighted by Gasteiger charge is -2.33. The summed E-state index contributed by atoms with van der Waals surface area (Å²) in [7, 11) is 2.11. The number of carbonyl (C=O) groups excluding carboxylic acids is 1. The molecule has 4 rings (SSSR count). The Bertz CT molecular complexity index is 1470. The van der Waals surface area contributed by atoms with Crippen LogP contribution in [0, 0.1) is 0 Å². The fraction of sp³-hybridized carbons (Fsp3) is 0.250. The number of pyridine rings is 2. The second kappa shape index (κ2) is 10.9. The molecule has 1 aliphatic rings. The molecule has 1 amide bonds. The molecule has 1 N–H and O–H groups in total. The topological polar surface area (TPSA) is 70.0 Å². The van der Waals surface area contributed by atoms with Gasteiger partial charge in [0.15, 0.2) is 5.65 Å². The van der Waals surface area contributed by atoms with Crippen molar-refractivity contribution in [3.63, 3.8) is 0 Å². The van der Waals surface area contributed by atoms with Crippen LogP contribution in [0.15, 0.2) is 66.5 Å². The summed E-state index contributed by atoms with van der Waals surface area (Å²) < 4.78 is 1.92. The molecule has 1 fully saturated rings. The lowest BCUT2D eigenvalue weighted by molar-refractivity contribution is 0.0958. The molecule has 1 saturated heterocycles.